The Morgan fingerprint density at radius 2 is 2.54 bits per heavy atom. The fraction of sp³-hybridized carbons (Fsp3) is 0.222. The maximum atomic E-state index is 12.9. The molecule has 0 aromatic carbocycles. The lowest BCUT2D eigenvalue weighted by molar-refractivity contribution is 0.461. The van der Waals surface area contributed by atoms with Gasteiger partial charge in [0.25, 0.3) is 0 Å². The third-order valence-corrected chi connectivity index (χ3v) is 1.57. The minimum absolute atomic E-state index is 0.202. The Labute approximate surface area is 78.6 Å². The van der Waals surface area contributed by atoms with Gasteiger partial charge >= 0.3 is 0 Å². The summed E-state index contributed by atoms with van der Waals surface area (Å²) in [7, 11) is 5.46. The average molecular weight is 176 g/mol. The van der Waals surface area contributed by atoms with E-state index in [9.17, 15) is 4.39 Å². The first kappa shape index (κ1) is 9.77. The van der Waals surface area contributed by atoms with Crippen LogP contribution in [0, 0.1) is 0 Å². The molecule has 1 aliphatic rings. The Bertz CT molecular complexity index is 303. The highest BCUT2D eigenvalue weighted by atomic mass is 19.1. The summed E-state index contributed by atoms with van der Waals surface area (Å²) < 4.78 is 12.9. The van der Waals surface area contributed by atoms with Crippen LogP contribution >= 0.6 is 0 Å². The zero-order chi connectivity index (χ0) is 9.84. The predicted molar refractivity (Wildman–Crippen MR) is 53.0 cm³/mol. The van der Waals surface area contributed by atoms with E-state index >= 15 is 0 Å². The number of halogens is 1. The van der Waals surface area contributed by atoms with Crippen LogP contribution in [-0.4, -0.2) is 26.0 Å². The number of allylic oxidation sites excluding steroid dienone is 3. The molecular formula is C9H10BFN2. The first-order valence-electron chi connectivity index (χ1n) is 3.86. The van der Waals surface area contributed by atoms with Crippen molar-refractivity contribution in [3.05, 3.63) is 35.5 Å². The molecule has 0 saturated carbocycles. The van der Waals surface area contributed by atoms with Crippen molar-refractivity contribution in [2.45, 2.75) is 6.92 Å². The van der Waals surface area contributed by atoms with Gasteiger partial charge in [0.2, 0.25) is 0 Å². The van der Waals surface area contributed by atoms with Gasteiger partial charge in [-0.15, -0.1) is 0 Å². The number of nitrogens with zero attached hydrogens (tertiary/aromatic N) is 2. The molecule has 0 bridgehead atoms. The minimum atomic E-state index is -0.256. The van der Waals surface area contributed by atoms with Crippen LogP contribution in [0.25, 0.3) is 0 Å². The fourth-order valence-electron chi connectivity index (χ4n) is 1.04. The molecule has 1 rings (SSSR count). The van der Waals surface area contributed by atoms with Crippen LogP contribution in [0.15, 0.2) is 40.5 Å². The van der Waals surface area contributed by atoms with Crippen molar-refractivity contribution in [3.63, 3.8) is 0 Å². The molecule has 13 heavy (non-hydrogen) atoms. The van der Waals surface area contributed by atoms with E-state index in [0.717, 1.165) is 5.70 Å². The summed E-state index contributed by atoms with van der Waals surface area (Å²) in [5, 5.41) is 0. The van der Waals surface area contributed by atoms with Crippen molar-refractivity contribution >= 4 is 14.6 Å². The third-order valence-electron chi connectivity index (χ3n) is 1.57. The van der Waals surface area contributed by atoms with Gasteiger partial charge in [-0.1, -0.05) is 5.47 Å². The van der Waals surface area contributed by atoms with E-state index in [2.05, 4.69) is 11.7 Å². The van der Waals surface area contributed by atoms with Crippen molar-refractivity contribution in [2.75, 3.05) is 6.54 Å². The summed E-state index contributed by atoms with van der Waals surface area (Å²) in [6, 6.07) is 0. The van der Waals surface area contributed by atoms with E-state index in [4.69, 9.17) is 7.85 Å². The maximum absolute atomic E-state index is 12.9. The monoisotopic (exact) mass is 176 g/mol. The third kappa shape index (κ3) is 2.90. The molecule has 0 amide bonds. The van der Waals surface area contributed by atoms with Gasteiger partial charge in [-0.25, -0.2) is 4.39 Å². The molecule has 0 unspecified atom stereocenters. The van der Waals surface area contributed by atoms with Gasteiger partial charge in [0.1, 0.15) is 13.7 Å². The molecule has 0 N–H and O–H groups in total. The van der Waals surface area contributed by atoms with Crippen LogP contribution in [-0.2, 0) is 0 Å². The predicted octanol–water partition coefficient (Wildman–Crippen LogP) is 1.73. The second kappa shape index (κ2) is 4.07. The lowest BCUT2D eigenvalue weighted by Gasteiger charge is -2.19. The topological polar surface area (TPSA) is 15.6 Å². The van der Waals surface area contributed by atoms with E-state index in [1.54, 1.807) is 24.2 Å². The summed E-state index contributed by atoms with van der Waals surface area (Å²) >= 11 is 0. The number of rotatable bonds is 2. The first-order chi connectivity index (χ1) is 6.11. The molecule has 0 spiro atoms. The molecule has 0 aromatic heterocycles. The number of hydrogen-bond acceptors (Lipinski definition) is 2. The van der Waals surface area contributed by atoms with Crippen LogP contribution in [0.1, 0.15) is 6.92 Å². The minimum Gasteiger partial charge on any atom is -0.346 e. The van der Waals surface area contributed by atoms with Crippen molar-refractivity contribution in [3.8, 4) is 0 Å². The SMILES string of the molecule is [B]C1=CN(/C=C(/C)N=C)CC(F)=C1. The lowest BCUT2D eigenvalue weighted by atomic mass is 9.94. The second-order valence-corrected chi connectivity index (χ2v) is 2.82. The van der Waals surface area contributed by atoms with E-state index in [1.807, 2.05) is 0 Å². The van der Waals surface area contributed by atoms with Crippen LogP contribution < -0.4 is 0 Å². The summed E-state index contributed by atoms with van der Waals surface area (Å²) in [5.74, 6) is -0.256. The van der Waals surface area contributed by atoms with Crippen molar-refractivity contribution in [1.29, 1.82) is 0 Å². The molecule has 2 radical (unpaired) electrons. The van der Waals surface area contributed by atoms with Gasteiger partial charge in [0.05, 0.1) is 12.2 Å². The largest absolute Gasteiger partial charge is 0.346 e. The highest BCUT2D eigenvalue weighted by molar-refractivity contribution is 6.23. The number of hydrogen-bond donors (Lipinski definition) is 0. The van der Waals surface area contributed by atoms with E-state index in [-0.39, 0.29) is 12.4 Å². The molecule has 0 aromatic rings. The van der Waals surface area contributed by atoms with Gasteiger partial charge in [0, 0.05) is 6.20 Å². The van der Waals surface area contributed by atoms with E-state index in [0.29, 0.717) is 5.47 Å². The van der Waals surface area contributed by atoms with Gasteiger partial charge in [0.15, 0.2) is 0 Å². The van der Waals surface area contributed by atoms with Gasteiger partial charge in [-0.2, -0.15) is 0 Å². The van der Waals surface area contributed by atoms with Crippen LogP contribution in [0.3, 0.4) is 0 Å². The zero-order valence-electron chi connectivity index (χ0n) is 7.50. The highest BCUT2D eigenvalue weighted by Crippen LogP contribution is 2.13. The van der Waals surface area contributed by atoms with Gasteiger partial charge < -0.3 is 4.90 Å². The normalized spacial score (nSPS) is 18.0. The second-order valence-electron chi connectivity index (χ2n) is 2.82. The molecule has 0 fully saturated rings. The smallest absolute Gasteiger partial charge is 0.119 e. The lowest BCUT2D eigenvalue weighted by Crippen LogP contribution is -2.16. The van der Waals surface area contributed by atoms with Crippen LogP contribution in [0.5, 0.6) is 0 Å². The molecule has 0 saturated heterocycles. The Balaban J connectivity index is 2.76. The molecule has 4 heteroatoms. The van der Waals surface area contributed by atoms with Gasteiger partial charge in [-0.3, -0.25) is 4.99 Å². The number of aliphatic imine (C=N–C) groups is 1. The van der Waals surface area contributed by atoms with Crippen LogP contribution in [0.2, 0.25) is 0 Å². The van der Waals surface area contributed by atoms with Crippen molar-refractivity contribution in [1.82, 2.24) is 4.90 Å². The average Bonchev–Trinajstić information content (AvgIpc) is 2.02. The maximum Gasteiger partial charge on any atom is 0.119 e. The fourth-order valence-corrected chi connectivity index (χ4v) is 1.04. The first-order valence-corrected chi connectivity index (χ1v) is 3.86. The molecule has 0 atom stereocenters. The van der Waals surface area contributed by atoms with E-state index in [1.165, 1.54) is 6.08 Å². The Morgan fingerprint density at radius 1 is 1.85 bits per heavy atom. The quantitative estimate of drug-likeness (QED) is 0.462. The molecule has 1 aliphatic heterocycles. The summed E-state index contributed by atoms with van der Waals surface area (Å²) in [5.41, 5.74) is 1.12. The highest BCUT2D eigenvalue weighted by Gasteiger charge is 2.06. The van der Waals surface area contributed by atoms with E-state index < -0.39 is 0 Å². The summed E-state index contributed by atoms with van der Waals surface area (Å²) in [6.45, 7) is 5.35. The van der Waals surface area contributed by atoms with Crippen molar-refractivity contribution in [2.24, 2.45) is 4.99 Å². The Hall–Kier alpha value is -1.32. The Kier molecular flexibility index (Phi) is 3.06. The van der Waals surface area contributed by atoms with Gasteiger partial charge in [-0.05, 0) is 25.9 Å². The molecule has 66 valence electrons. The summed E-state index contributed by atoms with van der Waals surface area (Å²) in [4.78, 5) is 5.32. The van der Waals surface area contributed by atoms with Crippen LogP contribution in [0.4, 0.5) is 4.39 Å². The summed E-state index contributed by atoms with van der Waals surface area (Å²) in [6.07, 6.45) is 4.64. The zero-order valence-corrected chi connectivity index (χ0v) is 7.50. The molecule has 1 heterocycles. The van der Waals surface area contributed by atoms with Crippen molar-refractivity contribution < 1.29 is 4.39 Å². The molecule has 2 nitrogen and oxygen atoms in total. The molecular weight excluding hydrogens is 166 g/mol. The Morgan fingerprint density at radius 3 is 3.08 bits per heavy atom. The standard InChI is InChI=1S/C9H10BFN2/c1-7(12-2)4-13-5-8(10)3-9(11)6-13/h3-5H,2,6H2,1H3/b7-4-. The molecule has 0 aliphatic carbocycles.